The van der Waals surface area contributed by atoms with Crippen molar-refractivity contribution in [3.8, 4) is 22.3 Å². The van der Waals surface area contributed by atoms with E-state index in [1.54, 1.807) is 0 Å². The molecule has 1 nitrogen and oxygen atoms in total. The van der Waals surface area contributed by atoms with Crippen LogP contribution < -0.4 is 4.90 Å². The molecule has 262 valence electrons. The maximum absolute atomic E-state index is 2.48. The molecule has 0 heterocycles. The third-order valence-corrected chi connectivity index (χ3v) is 12.8. The van der Waals surface area contributed by atoms with E-state index in [0.29, 0.717) is 0 Å². The van der Waals surface area contributed by atoms with Crippen molar-refractivity contribution >= 4 is 61.5 Å². The lowest BCUT2D eigenvalue weighted by atomic mass is 9.80. The first kappa shape index (κ1) is 32.0. The molecule has 0 aromatic heterocycles. The van der Waals surface area contributed by atoms with E-state index in [0.717, 1.165) is 5.69 Å². The molecular formula is C54H41N. The van der Waals surface area contributed by atoms with Gasteiger partial charge in [0.05, 0.1) is 5.69 Å². The predicted molar refractivity (Wildman–Crippen MR) is 235 cm³/mol. The highest BCUT2D eigenvalue weighted by Crippen LogP contribution is 2.55. The van der Waals surface area contributed by atoms with Crippen molar-refractivity contribution in [1.29, 1.82) is 0 Å². The summed E-state index contributed by atoms with van der Waals surface area (Å²) in [6.45, 7) is 9.50. The minimum absolute atomic E-state index is 0.0538. The largest absolute Gasteiger partial charge is 0.310 e. The first-order valence-corrected chi connectivity index (χ1v) is 19.5. The Kier molecular flexibility index (Phi) is 6.72. The van der Waals surface area contributed by atoms with Gasteiger partial charge in [0.15, 0.2) is 0 Å². The topological polar surface area (TPSA) is 3.24 Å². The van der Waals surface area contributed by atoms with Crippen molar-refractivity contribution in [2.45, 2.75) is 38.5 Å². The van der Waals surface area contributed by atoms with E-state index >= 15 is 0 Å². The van der Waals surface area contributed by atoms with Gasteiger partial charge < -0.3 is 4.90 Å². The zero-order chi connectivity index (χ0) is 37.1. The van der Waals surface area contributed by atoms with Gasteiger partial charge in [-0.05, 0) is 119 Å². The molecule has 0 saturated heterocycles. The lowest BCUT2D eigenvalue weighted by Gasteiger charge is -2.30. The maximum atomic E-state index is 2.48. The number of benzene rings is 9. The van der Waals surface area contributed by atoms with Gasteiger partial charge in [0.25, 0.3) is 0 Å². The standard InChI is InChI=1S/C54H41N/c1-53(2)45-16-10-8-14-40(45)41-30-27-39(33-47(41)53)55(38-25-20-35(21-26-38)19-18-34-12-6-5-7-13-34)49-31-24-36-22-29-44-51-37(23-28-43(49)50(36)51)32-48-52(44)42-15-9-11-17-46(42)54(48,3)4/h5-33H,1-4H3/b19-18+. The maximum Gasteiger partial charge on any atom is 0.0540 e. The molecule has 0 fully saturated rings. The summed E-state index contributed by atoms with van der Waals surface area (Å²) in [5, 5.41) is 7.88. The lowest BCUT2D eigenvalue weighted by molar-refractivity contribution is 0.660. The van der Waals surface area contributed by atoms with Crippen LogP contribution in [-0.2, 0) is 10.8 Å². The van der Waals surface area contributed by atoms with Gasteiger partial charge in [-0.1, -0.05) is 167 Å². The fourth-order valence-electron chi connectivity index (χ4n) is 9.98. The summed E-state index contributed by atoms with van der Waals surface area (Å²) in [7, 11) is 0. The van der Waals surface area contributed by atoms with Crippen molar-refractivity contribution in [3.05, 3.63) is 197 Å². The fraction of sp³-hybridized carbons (Fsp3) is 0.111. The zero-order valence-electron chi connectivity index (χ0n) is 31.7. The molecule has 9 aromatic rings. The van der Waals surface area contributed by atoms with Crippen LogP contribution in [0.3, 0.4) is 0 Å². The highest BCUT2D eigenvalue weighted by atomic mass is 15.1. The first-order valence-electron chi connectivity index (χ1n) is 19.5. The highest BCUT2D eigenvalue weighted by Gasteiger charge is 2.38. The van der Waals surface area contributed by atoms with E-state index in [4.69, 9.17) is 0 Å². The number of nitrogens with zero attached hydrogens (tertiary/aromatic N) is 1. The molecule has 2 aliphatic carbocycles. The summed E-state index contributed by atoms with van der Waals surface area (Å²) < 4.78 is 0. The Hall–Kier alpha value is -6.44. The van der Waals surface area contributed by atoms with Gasteiger partial charge in [-0.3, -0.25) is 0 Å². The van der Waals surface area contributed by atoms with Crippen LogP contribution >= 0.6 is 0 Å². The average molecular weight is 704 g/mol. The molecule has 11 rings (SSSR count). The lowest BCUT2D eigenvalue weighted by Crippen LogP contribution is -2.16. The van der Waals surface area contributed by atoms with Gasteiger partial charge in [-0.2, -0.15) is 0 Å². The minimum Gasteiger partial charge on any atom is -0.310 e. The van der Waals surface area contributed by atoms with Crippen LogP contribution in [0.1, 0.15) is 61.1 Å². The molecule has 55 heavy (non-hydrogen) atoms. The van der Waals surface area contributed by atoms with Crippen LogP contribution in [0.25, 0.3) is 66.7 Å². The van der Waals surface area contributed by atoms with Gasteiger partial charge >= 0.3 is 0 Å². The summed E-state index contributed by atoms with van der Waals surface area (Å²) in [6.07, 6.45) is 4.39. The summed E-state index contributed by atoms with van der Waals surface area (Å²) in [6, 6.07) is 61.2. The molecule has 0 saturated carbocycles. The second-order valence-corrected chi connectivity index (χ2v) is 16.5. The molecule has 1 heteroatoms. The van der Waals surface area contributed by atoms with E-state index in [1.165, 1.54) is 99.3 Å². The third kappa shape index (κ3) is 4.60. The Balaban J connectivity index is 1.13. The second kappa shape index (κ2) is 11.5. The Morgan fingerprint density at radius 3 is 1.75 bits per heavy atom. The number of hydrogen-bond donors (Lipinski definition) is 0. The van der Waals surface area contributed by atoms with Crippen molar-refractivity contribution < 1.29 is 0 Å². The van der Waals surface area contributed by atoms with Crippen LogP contribution in [0.15, 0.2) is 164 Å². The van der Waals surface area contributed by atoms with Gasteiger partial charge in [0, 0.05) is 27.6 Å². The second-order valence-electron chi connectivity index (χ2n) is 16.5. The quantitative estimate of drug-likeness (QED) is 0.127. The van der Waals surface area contributed by atoms with Crippen molar-refractivity contribution in [3.63, 3.8) is 0 Å². The molecule has 0 aliphatic heterocycles. The minimum atomic E-state index is -0.104. The molecule has 0 radical (unpaired) electrons. The van der Waals surface area contributed by atoms with Gasteiger partial charge in [-0.25, -0.2) is 0 Å². The molecule has 2 aliphatic rings. The van der Waals surface area contributed by atoms with Crippen molar-refractivity contribution in [1.82, 2.24) is 0 Å². The summed E-state index contributed by atoms with van der Waals surface area (Å²) >= 11 is 0. The van der Waals surface area contributed by atoms with Crippen LogP contribution in [-0.4, -0.2) is 0 Å². The number of anilines is 3. The van der Waals surface area contributed by atoms with E-state index in [9.17, 15) is 0 Å². The Morgan fingerprint density at radius 2 is 0.964 bits per heavy atom. The van der Waals surface area contributed by atoms with Crippen molar-refractivity contribution in [2.24, 2.45) is 0 Å². The predicted octanol–water partition coefficient (Wildman–Crippen LogP) is 14.8. The fourth-order valence-corrected chi connectivity index (χ4v) is 9.98. The van der Waals surface area contributed by atoms with Gasteiger partial charge in [-0.15, -0.1) is 0 Å². The molecule has 0 spiro atoms. The van der Waals surface area contributed by atoms with Gasteiger partial charge in [0.1, 0.15) is 0 Å². The molecule has 0 atom stereocenters. The molecule has 0 N–H and O–H groups in total. The Morgan fingerprint density at radius 1 is 0.400 bits per heavy atom. The highest BCUT2D eigenvalue weighted by molar-refractivity contribution is 6.28. The Labute approximate surface area is 323 Å². The average Bonchev–Trinajstić information content (AvgIpc) is 3.59. The van der Waals surface area contributed by atoms with Crippen molar-refractivity contribution in [2.75, 3.05) is 4.90 Å². The number of rotatable bonds is 5. The summed E-state index contributed by atoms with van der Waals surface area (Å²) in [5.41, 5.74) is 16.7. The SMILES string of the molecule is CC1(C)c2ccccc2-c2ccc(N(c3ccc(/C=C/c4ccccc4)cc3)c3ccc4ccc5c6c(cc7ccc3c4c75)C(C)(C)c3ccccc3-6)cc21. The monoisotopic (exact) mass is 703 g/mol. The summed E-state index contributed by atoms with van der Waals surface area (Å²) in [5.74, 6) is 0. The van der Waals surface area contributed by atoms with Crippen LogP contribution in [0, 0.1) is 0 Å². The van der Waals surface area contributed by atoms with E-state index in [1.807, 2.05) is 0 Å². The molecule has 0 unspecified atom stereocenters. The first-order chi connectivity index (χ1) is 26.8. The van der Waals surface area contributed by atoms with E-state index in [2.05, 4.69) is 209 Å². The van der Waals surface area contributed by atoms with E-state index in [-0.39, 0.29) is 10.8 Å². The zero-order valence-corrected chi connectivity index (χ0v) is 31.7. The normalized spacial score (nSPS) is 14.8. The molecule has 0 bridgehead atoms. The van der Waals surface area contributed by atoms with E-state index < -0.39 is 0 Å². The molecule has 9 aromatic carbocycles. The number of hydrogen-bond acceptors (Lipinski definition) is 1. The third-order valence-electron chi connectivity index (χ3n) is 12.8. The van der Waals surface area contributed by atoms with Crippen LogP contribution in [0.4, 0.5) is 17.1 Å². The number of fused-ring (bicyclic) bond motifs is 7. The smallest absolute Gasteiger partial charge is 0.0540 e. The molecule has 0 amide bonds. The van der Waals surface area contributed by atoms with Gasteiger partial charge in [0.2, 0.25) is 0 Å². The van der Waals surface area contributed by atoms with Crippen LogP contribution in [0.5, 0.6) is 0 Å². The Bertz CT molecular complexity index is 3020. The summed E-state index contributed by atoms with van der Waals surface area (Å²) in [4.78, 5) is 2.48. The van der Waals surface area contributed by atoms with Crippen LogP contribution in [0.2, 0.25) is 0 Å². The molecular weight excluding hydrogens is 663 g/mol.